The maximum absolute atomic E-state index is 12.1. The van der Waals surface area contributed by atoms with Crippen molar-refractivity contribution in [2.45, 2.75) is 38.0 Å². The van der Waals surface area contributed by atoms with Gasteiger partial charge in [-0.05, 0) is 45.4 Å². The molecule has 0 saturated heterocycles. The third kappa shape index (κ3) is 4.40. The fourth-order valence-corrected chi connectivity index (χ4v) is 2.91. The number of benzene rings is 1. The summed E-state index contributed by atoms with van der Waals surface area (Å²) in [6.07, 6.45) is 0. The van der Waals surface area contributed by atoms with Crippen LogP contribution in [-0.4, -0.2) is 35.9 Å². The number of carboxylic acids is 1. The Morgan fingerprint density at radius 1 is 1.12 bits per heavy atom. The molecule has 0 aromatic heterocycles. The first kappa shape index (κ1) is 20.7. The molecular formula is C15H19Cl2NO5S. The van der Waals surface area contributed by atoms with Gasteiger partial charge in [0.2, 0.25) is 5.91 Å². The molecule has 1 amide bonds. The number of halogens is 2. The standard InChI is InChI=1S/C15H19Cl2NO5S/c1-14(2,3)24(22,23)8-12(19)18-15(4,13(20)21)9-5-6-10(16)11(17)7-9/h5-7H,8H2,1-4H3,(H,18,19)(H,20,21). The van der Waals surface area contributed by atoms with Gasteiger partial charge in [-0.15, -0.1) is 0 Å². The van der Waals surface area contributed by atoms with E-state index in [1.807, 2.05) is 0 Å². The number of carbonyl (C=O) groups excluding carboxylic acids is 1. The Morgan fingerprint density at radius 2 is 1.67 bits per heavy atom. The summed E-state index contributed by atoms with van der Waals surface area (Å²) in [6, 6.07) is 4.12. The van der Waals surface area contributed by atoms with Gasteiger partial charge in [0.15, 0.2) is 15.4 Å². The molecule has 0 spiro atoms. The van der Waals surface area contributed by atoms with Crippen molar-refractivity contribution in [2.24, 2.45) is 0 Å². The van der Waals surface area contributed by atoms with Gasteiger partial charge in [0.05, 0.1) is 14.8 Å². The van der Waals surface area contributed by atoms with Gasteiger partial charge in [0, 0.05) is 0 Å². The molecule has 1 atom stereocenters. The van der Waals surface area contributed by atoms with Crippen LogP contribution in [0, 0.1) is 0 Å². The van der Waals surface area contributed by atoms with Crippen molar-refractivity contribution in [3.8, 4) is 0 Å². The summed E-state index contributed by atoms with van der Waals surface area (Å²) in [7, 11) is -3.74. The van der Waals surface area contributed by atoms with Gasteiger partial charge in [-0.2, -0.15) is 0 Å². The van der Waals surface area contributed by atoms with E-state index in [2.05, 4.69) is 5.32 Å². The normalized spacial score (nSPS) is 14.8. The number of carbonyl (C=O) groups is 2. The zero-order valence-electron chi connectivity index (χ0n) is 13.7. The molecule has 0 heterocycles. The molecule has 0 fully saturated rings. The second-order valence-electron chi connectivity index (χ2n) is 6.48. The molecule has 134 valence electrons. The molecule has 6 nitrogen and oxygen atoms in total. The van der Waals surface area contributed by atoms with Gasteiger partial charge in [-0.25, -0.2) is 13.2 Å². The number of sulfone groups is 1. The number of hydrogen-bond donors (Lipinski definition) is 2. The highest BCUT2D eigenvalue weighted by Gasteiger charge is 2.39. The summed E-state index contributed by atoms with van der Waals surface area (Å²) in [5, 5.41) is 12.1. The van der Waals surface area contributed by atoms with Crippen LogP contribution in [0.1, 0.15) is 33.3 Å². The number of amides is 1. The lowest BCUT2D eigenvalue weighted by molar-refractivity contribution is -0.147. The second kappa shape index (κ2) is 6.90. The fraction of sp³-hybridized carbons (Fsp3) is 0.467. The van der Waals surface area contributed by atoms with Gasteiger partial charge >= 0.3 is 5.97 Å². The van der Waals surface area contributed by atoms with Crippen LogP contribution >= 0.6 is 23.2 Å². The lowest BCUT2D eigenvalue weighted by atomic mass is 9.92. The predicted octanol–water partition coefficient (Wildman–Crippen LogP) is 2.62. The molecular weight excluding hydrogens is 377 g/mol. The van der Waals surface area contributed by atoms with Gasteiger partial charge in [-0.1, -0.05) is 29.3 Å². The monoisotopic (exact) mass is 395 g/mol. The first-order valence-electron chi connectivity index (χ1n) is 6.93. The Morgan fingerprint density at radius 3 is 2.08 bits per heavy atom. The smallest absolute Gasteiger partial charge is 0.333 e. The SMILES string of the molecule is CC(NC(=O)CS(=O)(=O)C(C)(C)C)(C(=O)O)c1ccc(Cl)c(Cl)c1. The summed E-state index contributed by atoms with van der Waals surface area (Å²) < 4.78 is 23.1. The molecule has 0 aliphatic carbocycles. The molecule has 1 unspecified atom stereocenters. The number of nitrogens with one attached hydrogen (secondary N) is 1. The van der Waals surface area contributed by atoms with Crippen LogP contribution < -0.4 is 5.32 Å². The average molecular weight is 396 g/mol. The van der Waals surface area contributed by atoms with E-state index in [4.69, 9.17) is 23.2 Å². The largest absolute Gasteiger partial charge is 0.479 e. The molecule has 0 bridgehead atoms. The van der Waals surface area contributed by atoms with E-state index in [1.165, 1.54) is 45.9 Å². The molecule has 9 heteroatoms. The minimum Gasteiger partial charge on any atom is -0.479 e. The maximum atomic E-state index is 12.1. The second-order valence-corrected chi connectivity index (χ2v) is 10.0. The number of hydrogen-bond acceptors (Lipinski definition) is 4. The molecule has 1 aromatic carbocycles. The summed E-state index contributed by atoms with van der Waals surface area (Å²) in [5.41, 5.74) is -1.68. The summed E-state index contributed by atoms with van der Waals surface area (Å²) in [6.45, 7) is 5.64. The van der Waals surface area contributed by atoms with Crippen molar-refractivity contribution in [3.05, 3.63) is 33.8 Å². The van der Waals surface area contributed by atoms with Crippen LogP contribution in [-0.2, 0) is 25.0 Å². The molecule has 0 aliphatic heterocycles. The fourth-order valence-electron chi connectivity index (χ4n) is 1.76. The zero-order chi connectivity index (χ0) is 18.9. The quantitative estimate of drug-likeness (QED) is 0.797. The Balaban J connectivity index is 3.16. The van der Waals surface area contributed by atoms with Crippen LogP contribution in [0.4, 0.5) is 0 Å². The lowest BCUT2D eigenvalue weighted by Gasteiger charge is -2.28. The van der Waals surface area contributed by atoms with E-state index < -0.39 is 37.8 Å². The lowest BCUT2D eigenvalue weighted by Crippen LogP contribution is -2.52. The van der Waals surface area contributed by atoms with E-state index in [-0.39, 0.29) is 15.6 Å². The van der Waals surface area contributed by atoms with E-state index in [0.717, 1.165) is 0 Å². The Hall–Kier alpha value is -1.31. The van der Waals surface area contributed by atoms with Crippen molar-refractivity contribution in [1.82, 2.24) is 5.32 Å². The Kier molecular flexibility index (Phi) is 5.96. The summed E-state index contributed by atoms with van der Waals surface area (Å²) in [5.74, 6) is -3.09. The summed E-state index contributed by atoms with van der Waals surface area (Å²) in [4.78, 5) is 23.8. The van der Waals surface area contributed by atoms with Crippen LogP contribution in [0.5, 0.6) is 0 Å². The van der Waals surface area contributed by atoms with E-state index >= 15 is 0 Å². The number of rotatable bonds is 5. The highest BCUT2D eigenvalue weighted by Crippen LogP contribution is 2.29. The Labute approximate surface area is 151 Å². The highest BCUT2D eigenvalue weighted by atomic mass is 35.5. The van der Waals surface area contributed by atoms with Crippen LogP contribution in [0.25, 0.3) is 0 Å². The maximum Gasteiger partial charge on any atom is 0.333 e. The van der Waals surface area contributed by atoms with Gasteiger partial charge < -0.3 is 10.4 Å². The summed E-state index contributed by atoms with van der Waals surface area (Å²) >= 11 is 11.7. The van der Waals surface area contributed by atoms with Gasteiger partial charge in [0.1, 0.15) is 5.75 Å². The first-order valence-corrected chi connectivity index (χ1v) is 9.34. The predicted molar refractivity (Wildman–Crippen MR) is 93.1 cm³/mol. The molecule has 0 radical (unpaired) electrons. The third-order valence-corrected chi connectivity index (χ3v) is 6.82. The highest BCUT2D eigenvalue weighted by molar-refractivity contribution is 7.93. The van der Waals surface area contributed by atoms with Crippen molar-refractivity contribution >= 4 is 44.9 Å². The first-order chi connectivity index (χ1) is 10.7. The number of aliphatic carboxylic acids is 1. The van der Waals surface area contributed by atoms with Crippen LogP contribution in [0.3, 0.4) is 0 Å². The van der Waals surface area contributed by atoms with E-state index in [9.17, 15) is 23.1 Å². The van der Waals surface area contributed by atoms with Gasteiger partial charge in [0.25, 0.3) is 0 Å². The number of carboxylic acid groups (broad SMARTS) is 1. The molecule has 0 aliphatic rings. The molecule has 24 heavy (non-hydrogen) atoms. The topological polar surface area (TPSA) is 101 Å². The van der Waals surface area contributed by atoms with Crippen molar-refractivity contribution in [1.29, 1.82) is 0 Å². The van der Waals surface area contributed by atoms with Crippen LogP contribution in [0.15, 0.2) is 18.2 Å². The van der Waals surface area contributed by atoms with Crippen molar-refractivity contribution in [3.63, 3.8) is 0 Å². The van der Waals surface area contributed by atoms with Crippen molar-refractivity contribution in [2.75, 3.05) is 5.75 Å². The third-order valence-electron chi connectivity index (χ3n) is 3.57. The molecule has 1 rings (SSSR count). The van der Waals surface area contributed by atoms with Gasteiger partial charge in [-0.3, -0.25) is 4.79 Å². The zero-order valence-corrected chi connectivity index (χ0v) is 16.0. The minimum absolute atomic E-state index is 0.123. The molecule has 1 aromatic rings. The van der Waals surface area contributed by atoms with E-state index in [0.29, 0.717) is 0 Å². The minimum atomic E-state index is -3.74. The average Bonchev–Trinajstić information content (AvgIpc) is 2.39. The Bertz CT molecular complexity index is 771. The van der Waals surface area contributed by atoms with E-state index in [1.54, 1.807) is 0 Å². The molecule has 0 saturated carbocycles. The van der Waals surface area contributed by atoms with Crippen molar-refractivity contribution < 1.29 is 23.1 Å². The van der Waals surface area contributed by atoms with Crippen LogP contribution in [0.2, 0.25) is 10.0 Å². The molecule has 2 N–H and O–H groups in total.